The van der Waals surface area contributed by atoms with Gasteiger partial charge in [-0.05, 0) is 25.7 Å². The van der Waals surface area contributed by atoms with Gasteiger partial charge in [0.25, 0.3) is 0 Å². The molecular weight excluding hydrogens is 176 g/mol. The summed E-state index contributed by atoms with van der Waals surface area (Å²) in [6.45, 7) is 3.99. The molecule has 1 fully saturated rings. The van der Waals surface area contributed by atoms with Crippen LogP contribution in [-0.2, 0) is 4.79 Å². The summed E-state index contributed by atoms with van der Waals surface area (Å²) >= 11 is 0. The van der Waals surface area contributed by atoms with Crippen molar-refractivity contribution in [2.24, 2.45) is 11.7 Å². The fourth-order valence-corrected chi connectivity index (χ4v) is 2.36. The van der Waals surface area contributed by atoms with Crippen LogP contribution in [0.25, 0.3) is 0 Å². The zero-order valence-corrected chi connectivity index (χ0v) is 9.49. The van der Waals surface area contributed by atoms with Gasteiger partial charge in [-0.1, -0.05) is 19.8 Å². The zero-order chi connectivity index (χ0) is 10.7. The second-order valence-electron chi connectivity index (χ2n) is 4.57. The zero-order valence-electron chi connectivity index (χ0n) is 9.49. The summed E-state index contributed by atoms with van der Waals surface area (Å²) in [5.41, 5.74) is 5.60. The Labute approximate surface area is 86.6 Å². The van der Waals surface area contributed by atoms with Crippen molar-refractivity contribution < 1.29 is 4.79 Å². The molecule has 2 N–H and O–H groups in total. The molecule has 1 aliphatic carbocycles. The first kappa shape index (κ1) is 11.5. The summed E-state index contributed by atoms with van der Waals surface area (Å²) < 4.78 is 0. The Morgan fingerprint density at radius 1 is 1.43 bits per heavy atom. The van der Waals surface area contributed by atoms with E-state index in [1.54, 1.807) is 6.92 Å². The van der Waals surface area contributed by atoms with Crippen molar-refractivity contribution in [1.29, 1.82) is 0 Å². The van der Waals surface area contributed by atoms with E-state index in [-0.39, 0.29) is 11.9 Å². The van der Waals surface area contributed by atoms with Crippen LogP contribution in [0, 0.1) is 5.92 Å². The van der Waals surface area contributed by atoms with Crippen molar-refractivity contribution in [2.45, 2.75) is 51.6 Å². The Hall–Kier alpha value is -0.570. The lowest BCUT2D eigenvalue weighted by Crippen LogP contribution is -2.48. The predicted molar refractivity (Wildman–Crippen MR) is 57.8 cm³/mol. The van der Waals surface area contributed by atoms with E-state index in [0.717, 1.165) is 6.42 Å². The number of hydrogen-bond acceptors (Lipinski definition) is 2. The van der Waals surface area contributed by atoms with Crippen LogP contribution in [-0.4, -0.2) is 29.9 Å². The van der Waals surface area contributed by atoms with Crippen LogP contribution in [0.15, 0.2) is 0 Å². The van der Waals surface area contributed by atoms with E-state index in [0.29, 0.717) is 12.0 Å². The number of carbonyl (C=O) groups is 1. The summed E-state index contributed by atoms with van der Waals surface area (Å²) in [4.78, 5) is 13.5. The summed E-state index contributed by atoms with van der Waals surface area (Å²) in [5.74, 6) is 0.695. The molecule has 0 heterocycles. The quantitative estimate of drug-likeness (QED) is 0.728. The first-order valence-corrected chi connectivity index (χ1v) is 5.56. The lowest BCUT2D eigenvalue weighted by molar-refractivity contribution is -0.134. The Morgan fingerprint density at radius 2 is 2.00 bits per heavy atom. The van der Waals surface area contributed by atoms with E-state index < -0.39 is 0 Å². The van der Waals surface area contributed by atoms with Crippen LogP contribution in [0.3, 0.4) is 0 Å². The molecule has 3 unspecified atom stereocenters. The van der Waals surface area contributed by atoms with Crippen molar-refractivity contribution in [3.05, 3.63) is 0 Å². The van der Waals surface area contributed by atoms with Gasteiger partial charge < -0.3 is 10.6 Å². The molecule has 3 atom stereocenters. The van der Waals surface area contributed by atoms with Gasteiger partial charge in [0.2, 0.25) is 5.91 Å². The molecule has 1 rings (SSSR count). The van der Waals surface area contributed by atoms with Gasteiger partial charge in [-0.15, -0.1) is 0 Å². The molecule has 0 saturated heterocycles. The van der Waals surface area contributed by atoms with E-state index in [1.165, 1.54) is 19.3 Å². The summed E-state index contributed by atoms with van der Waals surface area (Å²) in [7, 11) is 1.89. The minimum atomic E-state index is -0.367. The third-order valence-corrected chi connectivity index (χ3v) is 3.30. The maximum Gasteiger partial charge on any atom is 0.239 e. The molecule has 0 aromatic heterocycles. The molecular formula is C11H22N2O. The SMILES string of the molecule is CC(N)C(=O)N(C)C1CCCCC1C. The Balaban J connectivity index is 2.57. The predicted octanol–water partition coefficient (Wildman–Crippen LogP) is 1.37. The molecule has 3 nitrogen and oxygen atoms in total. The Morgan fingerprint density at radius 3 is 2.50 bits per heavy atom. The molecule has 0 aromatic rings. The van der Waals surface area contributed by atoms with Crippen LogP contribution >= 0.6 is 0 Å². The fourth-order valence-electron chi connectivity index (χ4n) is 2.36. The highest BCUT2D eigenvalue weighted by molar-refractivity contribution is 5.81. The van der Waals surface area contributed by atoms with E-state index in [1.807, 2.05) is 11.9 Å². The molecule has 3 heteroatoms. The standard InChI is InChI=1S/C11H22N2O/c1-8-6-4-5-7-10(8)13(3)11(14)9(2)12/h8-10H,4-7,12H2,1-3H3. The number of rotatable bonds is 2. The second-order valence-corrected chi connectivity index (χ2v) is 4.57. The van der Waals surface area contributed by atoms with Gasteiger partial charge in [-0.25, -0.2) is 0 Å². The van der Waals surface area contributed by atoms with E-state index in [2.05, 4.69) is 6.92 Å². The molecule has 1 amide bonds. The molecule has 0 spiro atoms. The van der Waals surface area contributed by atoms with Gasteiger partial charge in [-0.3, -0.25) is 4.79 Å². The first-order chi connectivity index (χ1) is 6.54. The maximum atomic E-state index is 11.7. The van der Waals surface area contributed by atoms with Gasteiger partial charge in [0, 0.05) is 13.1 Å². The lowest BCUT2D eigenvalue weighted by atomic mass is 9.85. The van der Waals surface area contributed by atoms with Gasteiger partial charge >= 0.3 is 0 Å². The highest BCUT2D eigenvalue weighted by Gasteiger charge is 2.28. The minimum Gasteiger partial charge on any atom is -0.341 e. The molecule has 82 valence electrons. The van der Waals surface area contributed by atoms with Gasteiger partial charge in [0.05, 0.1) is 6.04 Å². The number of carbonyl (C=O) groups excluding carboxylic acids is 1. The van der Waals surface area contributed by atoms with Crippen LogP contribution in [0.1, 0.15) is 39.5 Å². The molecule has 1 aliphatic rings. The molecule has 0 radical (unpaired) electrons. The molecule has 14 heavy (non-hydrogen) atoms. The molecule has 0 aliphatic heterocycles. The number of nitrogens with zero attached hydrogens (tertiary/aromatic N) is 1. The smallest absolute Gasteiger partial charge is 0.239 e. The monoisotopic (exact) mass is 198 g/mol. The van der Waals surface area contributed by atoms with Crippen LogP contribution in [0.2, 0.25) is 0 Å². The van der Waals surface area contributed by atoms with Crippen LogP contribution in [0.4, 0.5) is 0 Å². The van der Waals surface area contributed by atoms with Crippen molar-refractivity contribution in [1.82, 2.24) is 4.90 Å². The fraction of sp³-hybridized carbons (Fsp3) is 0.909. The van der Waals surface area contributed by atoms with Gasteiger partial charge in [0.1, 0.15) is 0 Å². The normalized spacial score (nSPS) is 29.7. The third-order valence-electron chi connectivity index (χ3n) is 3.30. The Bertz CT molecular complexity index is 203. The minimum absolute atomic E-state index is 0.0729. The molecule has 0 bridgehead atoms. The van der Waals surface area contributed by atoms with Crippen molar-refractivity contribution in [2.75, 3.05) is 7.05 Å². The molecule has 0 aromatic carbocycles. The van der Waals surface area contributed by atoms with Crippen LogP contribution < -0.4 is 5.73 Å². The van der Waals surface area contributed by atoms with E-state index >= 15 is 0 Å². The summed E-state index contributed by atoms with van der Waals surface area (Å²) in [6.07, 6.45) is 4.92. The van der Waals surface area contributed by atoms with Crippen molar-refractivity contribution >= 4 is 5.91 Å². The van der Waals surface area contributed by atoms with Crippen molar-refractivity contribution in [3.63, 3.8) is 0 Å². The van der Waals surface area contributed by atoms with Crippen molar-refractivity contribution in [3.8, 4) is 0 Å². The number of amides is 1. The first-order valence-electron chi connectivity index (χ1n) is 5.56. The van der Waals surface area contributed by atoms with Gasteiger partial charge in [0.15, 0.2) is 0 Å². The number of hydrogen-bond donors (Lipinski definition) is 1. The third kappa shape index (κ3) is 2.47. The highest BCUT2D eigenvalue weighted by Crippen LogP contribution is 2.27. The maximum absolute atomic E-state index is 11.7. The molecule has 1 saturated carbocycles. The Kier molecular flexibility index (Phi) is 3.93. The summed E-state index contributed by atoms with van der Waals surface area (Å²) in [5, 5.41) is 0. The summed E-state index contributed by atoms with van der Waals surface area (Å²) in [6, 6.07) is 0.0383. The average molecular weight is 198 g/mol. The largest absolute Gasteiger partial charge is 0.341 e. The second kappa shape index (κ2) is 4.78. The number of likely N-dealkylation sites (N-methyl/N-ethyl adjacent to an activating group) is 1. The highest BCUT2D eigenvalue weighted by atomic mass is 16.2. The van der Waals surface area contributed by atoms with Crippen LogP contribution in [0.5, 0.6) is 0 Å². The lowest BCUT2D eigenvalue weighted by Gasteiger charge is -2.37. The van der Waals surface area contributed by atoms with Gasteiger partial charge in [-0.2, -0.15) is 0 Å². The topological polar surface area (TPSA) is 46.3 Å². The van der Waals surface area contributed by atoms with E-state index in [4.69, 9.17) is 5.73 Å². The van der Waals surface area contributed by atoms with E-state index in [9.17, 15) is 4.79 Å². The average Bonchev–Trinajstić information content (AvgIpc) is 2.16. The number of nitrogens with two attached hydrogens (primary N) is 1.